The molecule has 0 spiro atoms. The van der Waals surface area contributed by atoms with Crippen molar-refractivity contribution in [2.75, 3.05) is 0 Å². The van der Waals surface area contributed by atoms with Gasteiger partial charge >= 0.3 is 0 Å². The quantitative estimate of drug-likeness (QED) is 0.786. The molecule has 1 atom stereocenters. The SMILES string of the molecule is Cc1ccc(C(=O)C(C#N)c2ccc(Cl)cc2)cc1. The molecule has 0 aliphatic heterocycles. The number of carbonyl (C=O) groups excluding carboxylic acids is 1. The largest absolute Gasteiger partial charge is 0.292 e. The van der Waals surface area contributed by atoms with E-state index in [0.29, 0.717) is 16.1 Å². The Morgan fingerprint density at radius 3 is 2.21 bits per heavy atom. The normalized spacial score (nSPS) is 11.6. The molecule has 2 aromatic rings. The molecule has 0 aliphatic carbocycles. The molecule has 0 saturated heterocycles. The Labute approximate surface area is 117 Å². The Morgan fingerprint density at radius 2 is 1.68 bits per heavy atom. The summed E-state index contributed by atoms with van der Waals surface area (Å²) in [5.74, 6) is -0.982. The van der Waals surface area contributed by atoms with Crippen molar-refractivity contribution in [3.8, 4) is 6.07 Å². The van der Waals surface area contributed by atoms with Crippen LogP contribution in [0, 0.1) is 18.3 Å². The van der Waals surface area contributed by atoms with E-state index in [0.717, 1.165) is 5.56 Å². The van der Waals surface area contributed by atoms with E-state index < -0.39 is 5.92 Å². The third kappa shape index (κ3) is 3.01. The van der Waals surface area contributed by atoms with Crippen LogP contribution in [0.25, 0.3) is 0 Å². The number of benzene rings is 2. The maximum Gasteiger partial charge on any atom is 0.184 e. The third-order valence-electron chi connectivity index (χ3n) is 2.93. The second-order valence-electron chi connectivity index (χ2n) is 4.34. The molecule has 2 nitrogen and oxygen atoms in total. The number of ketones is 1. The van der Waals surface area contributed by atoms with Crippen molar-refractivity contribution in [3.05, 3.63) is 70.2 Å². The molecule has 1 unspecified atom stereocenters. The summed E-state index contributed by atoms with van der Waals surface area (Å²) in [6, 6.07) is 16.1. The first-order chi connectivity index (χ1) is 9.11. The predicted octanol–water partition coefficient (Wildman–Crippen LogP) is 4.14. The maximum atomic E-state index is 12.3. The van der Waals surface area contributed by atoms with E-state index in [1.54, 1.807) is 36.4 Å². The number of hydrogen-bond donors (Lipinski definition) is 0. The maximum absolute atomic E-state index is 12.3. The van der Waals surface area contributed by atoms with E-state index >= 15 is 0 Å². The smallest absolute Gasteiger partial charge is 0.184 e. The highest BCUT2D eigenvalue weighted by Gasteiger charge is 2.21. The lowest BCUT2D eigenvalue weighted by molar-refractivity contribution is 0.0979. The Hall–Kier alpha value is -2.11. The highest BCUT2D eigenvalue weighted by atomic mass is 35.5. The first kappa shape index (κ1) is 13.3. The summed E-state index contributed by atoms with van der Waals surface area (Å²) in [6.07, 6.45) is 0. The van der Waals surface area contributed by atoms with Crippen LogP contribution in [0.15, 0.2) is 48.5 Å². The molecule has 0 heterocycles. The van der Waals surface area contributed by atoms with Crippen molar-refractivity contribution in [1.82, 2.24) is 0 Å². The summed E-state index contributed by atoms with van der Waals surface area (Å²) < 4.78 is 0. The summed E-state index contributed by atoms with van der Waals surface area (Å²) in [5.41, 5.74) is 2.29. The van der Waals surface area contributed by atoms with Crippen LogP contribution in [0.3, 0.4) is 0 Å². The first-order valence-electron chi connectivity index (χ1n) is 5.88. The van der Waals surface area contributed by atoms with Crippen LogP contribution >= 0.6 is 11.6 Å². The van der Waals surface area contributed by atoms with E-state index in [2.05, 4.69) is 6.07 Å². The fourth-order valence-corrected chi connectivity index (χ4v) is 1.95. The van der Waals surface area contributed by atoms with Crippen molar-refractivity contribution >= 4 is 17.4 Å². The Kier molecular flexibility index (Phi) is 3.99. The molecule has 2 rings (SSSR count). The fraction of sp³-hybridized carbons (Fsp3) is 0.125. The number of nitriles is 1. The zero-order valence-electron chi connectivity index (χ0n) is 10.4. The van der Waals surface area contributed by atoms with Crippen LogP contribution in [-0.2, 0) is 0 Å². The van der Waals surface area contributed by atoms with Gasteiger partial charge in [-0.25, -0.2) is 0 Å². The van der Waals surface area contributed by atoms with Crippen LogP contribution in [0.4, 0.5) is 0 Å². The van der Waals surface area contributed by atoms with Gasteiger partial charge in [0.2, 0.25) is 0 Å². The molecule has 0 aromatic heterocycles. The molecule has 0 bridgehead atoms. The van der Waals surface area contributed by atoms with Gasteiger partial charge in [-0.15, -0.1) is 0 Å². The Morgan fingerprint density at radius 1 is 1.11 bits per heavy atom. The van der Waals surface area contributed by atoms with Crippen molar-refractivity contribution in [2.45, 2.75) is 12.8 Å². The molecule has 3 heteroatoms. The van der Waals surface area contributed by atoms with Crippen molar-refractivity contribution in [2.24, 2.45) is 0 Å². The minimum Gasteiger partial charge on any atom is -0.292 e. The predicted molar refractivity (Wildman–Crippen MR) is 75.3 cm³/mol. The lowest BCUT2D eigenvalue weighted by Crippen LogP contribution is -2.11. The molecule has 94 valence electrons. The second kappa shape index (κ2) is 5.69. The standard InChI is InChI=1S/C16H12ClNO/c1-11-2-4-13(5-3-11)16(19)15(10-18)12-6-8-14(17)9-7-12/h2-9,15H,1H3. The third-order valence-corrected chi connectivity index (χ3v) is 3.18. The lowest BCUT2D eigenvalue weighted by atomic mass is 9.91. The van der Waals surface area contributed by atoms with Crippen LogP contribution in [0.1, 0.15) is 27.4 Å². The zero-order valence-corrected chi connectivity index (χ0v) is 11.2. The topological polar surface area (TPSA) is 40.9 Å². The van der Waals surface area contributed by atoms with Gasteiger partial charge in [0.15, 0.2) is 5.78 Å². The van der Waals surface area contributed by atoms with Crippen LogP contribution in [0.5, 0.6) is 0 Å². The van der Waals surface area contributed by atoms with E-state index in [-0.39, 0.29) is 5.78 Å². The first-order valence-corrected chi connectivity index (χ1v) is 6.25. The second-order valence-corrected chi connectivity index (χ2v) is 4.78. The van der Waals surface area contributed by atoms with Gasteiger partial charge in [0.1, 0.15) is 5.92 Å². The van der Waals surface area contributed by atoms with Gasteiger partial charge in [-0.05, 0) is 24.6 Å². The van der Waals surface area contributed by atoms with Gasteiger partial charge in [-0.1, -0.05) is 53.6 Å². The van der Waals surface area contributed by atoms with Gasteiger partial charge < -0.3 is 0 Å². The molecule has 0 aliphatic rings. The number of rotatable bonds is 3. The van der Waals surface area contributed by atoms with Gasteiger partial charge in [-0.2, -0.15) is 5.26 Å². The van der Waals surface area contributed by atoms with Crippen molar-refractivity contribution in [1.29, 1.82) is 5.26 Å². The molecular weight excluding hydrogens is 258 g/mol. The van der Waals surface area contributed by atoms with Crippen LogP contribution < -0.4 is 0 Å². The number of aryl methyl sites for hydroxylation is 1. The number of nitrogens with zero attached hydrogens (tertiary/aromatic N) is 1. The summed E-state index contributed by atoms with van der Waals surface area (Å²) in [7, 11) is 0. The number of hydrogen-bond acceptors (Lipinski definition) is 2. The molecule has 0 saturated carbocycles. The van der Waals surface area contributed by atoms with E-state index in [9.17, 15) is 10.1 Å². The van der Waals surface area contributed by atoms with Crippen LogP contribution in [-0.4, -0.2) is 5.78 Å². The number of halogens is 1. The van der Waals surface area contributed by atoms with Gasteiger partial charge in [0, 0.05) is 10.6 Å². The molecule has 2 aromatic carbocycles. The van der Waals surface area contributed by atoms with E-state index in [1.165, 1.54) is 0 Å². The lowest BCUT2D eigenvalue weighted by Gasteiger charge is -2.09. The monoisotopic (exact) mass is 269 g/mol. The summed E-state index contributed by atoms with van der Waals surface area (Å²) in [5, 5.41) is 9.82. The summed E-state index contributed by atoms with van der Waals surface area (Å²) >= 11 is 5.81. The number of carbonyl (C=O) groups is 1. The minimum absolute atomic E-state index is 0.190. The minimum atomic E-state index is -0.792. The average molecular weight is 270 g/mol. The Bertz CT molecular complexity index is 623. The molecule has 19 heavy (non-hydrogen) atoms. The van der Waals surface area contributed by atoms with Gasteiger partial charge in [-0.3, -0.25) is 4.79 Å². The van der Waals surface area contributed by atoms with Crippen molar-refractivity contribution in [3.63, 3.8) is 0 Å². The highest BCUT2D eigenvalue weighted by molar-refractivity contribution is 6.30. The zero-order chi connectivity index (χ0) is 13.8. The van der Waals surface area contributed by atoms with Crippen molar-refractivity contribution < 1.29 is 4.79 Å². The van der Waals surface area contributed by atoms with Gasteiger partial charge in [0.05, 0.1) is 6.07 Å². The Balaban J connectivity index is 2.32. The van der Waals surface area contributed by atoms with E-state index in [4.69, 9.17) is 11.6 Å². The molecule has 0 fully saturated rings. The molecule has 0 amide bonds. The molecule has 0 N–H and O–H groups in total. The fourth-order valence-electron chi connectivity index (χ4n) is 1.82. The van der Waals surface area contributed by atoms with E-state index in [1.807, 2.05) is 19.1 Å². The van der Waals surface area contributed by atoms with Crippen LogP contribution in [0.2, 0.25) is 5.02 Å². The highest BCUT2D eigenvalue weighted by Crippen LogP contribution is 2.22. The van der Waals surface area contributed by atoms with Gasteiger partial charge in [0.25, 0.3) is 0 Å². The molecule has 0 radical (unpaired) electrons. The molecular formula is C16H12ClNO. The summed E-state index contributed by atoms with van der Waals surface area (Å²) in [4.78, 5) is 12.3. The number of Topliss-reactive ketones (excluding diaryl/α,β-unsaturated/α-hetero) is 1. The average Bonchev–Trinajstić information content (AvgIpc) is 2.42. The summed E-state index contributed by atoms with van der Waals surface area (Å²) in [6.45, 7) is 1.95.